The van der Waals surface area contributed by atoms with Crippen molar-refractivity contribution in [2.75, 3.05) is 6.54 Å². The minimum Gasteiger partial charge on any atom is -1.00 e. The number of carbonyl (C=O) groups is 4. The third-order valence-electron chi connectivity index (χ3n) is 7.91. The van der Waals surface area contributed by atoms with Gasteiger partial charge < -0.3 is 39.0 Å². The third kappa shape index (κ3) is 7.20. The van der Waals surface area contributed by atoms with Gasteiger partial charge in [0.1, 0.15) is 12.1 Å². The van der Waals surface area contributed by atoms with Crippen LogP contribution in [0, 0.1) is 5.92 Å². The zero-order valence-electron chi connectivity index (χ0n) is 23.0. The third-order valence-corrected chi connectivity index (χ3v) is 7.91. The van der Waals surface area contributed by atoms with E-state index in [1.165, 1.54) is 6.92 Å². The molecule has 10 heteroatoms. The molecular weight excluding hydrogens is 530 g/mol. The highest BCUT2D eigenvalue weighted by Gasteiger charge is 2.48. The largest absolute Gasteiger partial charge is 1.00 e. The van der Waals surface area contributed by atoms with Gasteiger partial charge in [0.2, 0.25) is 23.6 Å². The maximum Gasteiger partial charge on any atom is 0.246 e. The van der Waals surface area contributed by atoms with Gasteiger partial charge in [-0.3, -0.25) is 19.2 Å². The lowest BCUT2D eigenvalue weighted by Crippen LogP contribution is -3.00. The molecule has 4 amide bonds. The molecule has 0 unspecified atom stereocenters. The zero-order chi connectivity index (χ0) is 27.9. The topological polar surface area (TPSA) is 134 Å². The van der Waals surface area contributed by atoms with Crippen LogP contribution >= 0.6 is 0 Å². The number of nitrogens with zero attached hydrogens (tertiary/aromatic N) is 1. The SMILES string of the molecule is CC[C@H](N)C(=O)N[C@@H]1C(=O)N2[C@@H](CC[C@@H]1CNC(C)=O)CC[C@H]2C(=O)NC(c1ccccc1)c1ccccc1.[Cl-]. The summed E-state index contributed by atoms with van der Waals surface area (Å²) >= 11 is 0. The Morgan fingerprint density at radius 2 is 1.52 bits per heavy atom. The Morgan fingerprint density at radius 3 is 2.08 bits per heavy atom. The van der Waals surface area contributed by atoms with E-state index in [9.17, 15) is 19.2 Å². The molecule has 0 bridgehead atoms. The quantitative estimate of drug-likeness (QED) is 0.309. The summed E-state index contributed by atoms with van der Waals surface area (Å²) in [7, 11) is 0. The van der Waals surface area contributed by atoms with Crippen molar-refractivity contribution in [3.05, 3.63) is 71.8 Å². The first-order chi connectivity index (χ1) is 18.8. The summed E-state index contributed by atoms with van der Waals surface area (Å²) < 4.78 is 0. The lowest BCUT2D eigenvalue weighted by atomic mass is 9.92. The summed E-state index contributed by atoms with van der Waals surface area (Å²) in [5.74, 6) is -1.43. The van der Waals surface area contributed by atoms with Gasteiger partial charge >= 0.3 is 0 Å². The smallest absolute Gasteiger partial charge is 0.246 e. The summed E-state index contributed by atoms with van der Waals surface area (Å²) in [6.07, 6.45) is 3.00. The fraction of sp³-hybridized carbons (Fsp3) is 0.467. The van der Waals surface area contributed by atoms with Gasteiger partial charge in [0, 0.05) is 25.4 Å². The average molecular weight is 569 g/mol. The van der Waals surface area contributed by atoms with Gasteiger partial charge in [-0.15, -0.1) is 0 Å². The maximum absolute atomic E-state index is 14.0. The molecule has 40 heavy (non-hydrogen) atoms. The van der Waals surface area contributed by atoms with Crippen LogP contribution in [0.25, 0.3) is 0 Å². The summed E-state index contributed by atoms with van der Waals surface area (Å²) in [4.78, 5) is 54.0. The molecule has 0 radical (unpaired) electrons. The van der Waals surface area contributed by atoms with E-state index in [1.54, 1.807) is 11.8 Å². The Balaban J connectivity index is 0.00000441. The molecule has 216 valence electrons. The number of nitrogens with one attached hydrogen (secondary N) is 3. The second-order valence-electron chi connectivity index (χ2n) is 10.5. The summed E-state index contributed by atoms with van der Waals surface area (Å²) in [5.41, 5.74) is 7.86. The molecule has 9 nitrogen and oxygen atoms in total. The van der Waals surface area contributed by atoms with Crippen LogP contribution in [-0.4, -0.2) is 59.2 Å². The number of hydrogen-bond donors (Lipinski definition) is 4. The predicted octanol–water partition coefficient (Wildman–Crippen LogP) is -0.976. The molecule has 0 aromatic heterocycles. The van der Waals surface area contributed by atoms with Crippen molar-refractivity contribution in [1.29, 1.82) is 0 Å². The first kappa shape index (κ1) is 31.1. The Labute approximate surface area is 242 Å². The first-order valence-electron chi connectivity index (χ1n) is 13.8. The average Bonchev–Trinajstić information content (AvgIpc) is 3.33. The molecule has 0 saturated carbocycles. The van der Waals surface area contributed by atoms with E-state index in [4.69, 9.17) is 5.73 Å². The van der Waals surface area contributed by atoms with Crippen molar-refractivity contribution >= 4 is 23.6 Å². The number of halogens is 1. The van der Waals surface area contributed by atoms with Crippen molar-refractivity contribution in [3.8, 4) is 0 Å². The van der Waals surface area contributed by atoms with Crippen LogP contribution in [0.1, 0.15) is 63.1 Å². The monoisotopic (exact) mass is 568 g/mol. The molecule has 2 fully saturated rings. The van der Waals surface area contributed by atoms with Crippen LogP contribution < -0.4 is 34.1 Å². The molecule has 0 spiro atoms. The molecule has 5 atom stereocenters. The first-order valence-corrected chi connectivity index (χ1v) is 13.8. The van der Waals surface area contributed by atoms with Gasteiger partial charge in [-0.2, -0.15) is 0 Å². The van der Waals surface area contributed by atoms with Gasteiger partial charge in [-0.25, -0.2) is 0 Å². The summed E-state index contributed by atoms with van der Waals surface area (Å²) in [6, 6.07) is 16.7. The van der Waals surface area contributed by atoms with Crippen molar-refractivity contribution < 1.29 is 31.6 Å². The molecule has 5 N–H and O–H groups in total. The van der Waals surface area contributed by atoms with Crippen molar-refractivity contribution in [3.63, 3.8) is 0 Å². The van der Waals surface area contributed by atoms with E-state index in [-0.39, 0.29) is 54.7 Å². The van der Waals surface area contributed by atoms with E-state index < -0.39 is 24.0 Å². The molecule has 2 heterocycles. The van der Waals surface area contributed by atoms with Crippen molar-refractivity contribution in [2.45, 2.75) is 76.2 Å². The summed E-state index contributed by atoms with van der Waals surface area (Å²) in [6.45, 7) is 3.49. The lowest BCUT2D eigenvalue weighted by Gasteiger charge is -2.33. The maximum atomic E-state index is 14.0. The van der Waals surface area contributed by atoms with Gasteiger partial charge in [0.15, 0.2) is 0 Å². The molecule has 2 aliphatic rings. The Kier molecular flexibility index (Phi) is 11.1. The van der Waals surface area contributed by atoms with Gasteiger partial charge in [-0.05, 0) is 43.2 Å². The van der Waals surface area contributed by atoms with E-state index >= 15 is 0 Å². The Hall–Kier alpha value is -3.43. The number of hydrogen-bond acceptors (Lipinski definition) is 5. The second kappa shape index (κ2) is 14.3. The number of benzene rings is 2. The van der Waals surface area contributed by atoms with Crippen LogP contribution in [0.3, 0.4) is 0 Å². The van der Waals surface area contributed by atoms with Crippen molar-refractivity contribution in [1.82, 2.24) is 20.9 Å². The van der Waals surface area contributed by atoms with Gasteiger partial charge in [0.05, 0.1) is 12.1 Å². The van der Waals surface area contributed by atoms with E-state index in [2.05, 4.69) is 16.0 Å². The number of amides is 4. The van der Waals surface area contributed by atoms with E-state index in [0.717, 1.165) is 11.1 Å². The predicted molar refractivity (Wildman–Crippen MR) is 148 cm³/mol. The lowest BCUT2D eigenvalue weighted by molar-refractivity contribution is -0.143. The van der Waals surface area contributed by atoms with E-state index in [0.29, 0.717) is 32.1 Å². The highest BCUT2D eigenvalue weighted by Crippen LogP contribution is 2.34. The van der Waals surface area contributed by atoms with Crippen LogP contribution in [0.4, 0.5) is 0 Å². The Morgan fingerprint density at radius 1 is 0.950 bits per heavy atom. The minimum absolute atomic E-state index is 0. The van der Waals surface area contributed by atoms with Crippen LogP contribution in [0.2, 0.25) is 0 Å². The molecule has 2 aromatic carbocycles. The standard InChI is InChI=1S/C30H39N5O4.ClH/c1-3-24(31)28(37)34-27-22(18-32-19(2)36)14-15-23-16-17-25(35(23)30(27)39)29(38)33-26(20-10-6-4-7-11-20)21-12-8-5-9-13-21;/h4-13,22-27H,3,14-18,31H2,1-2H3,(H,32,36)(H,33,38)(H,34,37);1H/p-1/t22-,23+,24+,25+,27+;/m1./s1. The minimum atomic E-state index is -0.876. The fourth-order valence-electron chi connectivity index (χ4n) is 5.70. The van der Waals surface area contributed by atoms with Gasteiger partial charge in [0.25, 0.3) is 0 Å². The van der Waals surface area contributed by atoms with Crippen LogP contribution in [0.5, 0.6) is 0 Å². The highest BCUT2D eigenvalue weighted by atomic mass is 35.5. The normalized spacial score (nSPS) is 22.9. The fourth-order valence-corrected chi connectivity index (χ4v) is 5.70. The molecule has 4 rings (SSSR count). The number of rotatable bonds is 9. The Bertz CT molecular complexity index is 1130. The van der Waals surface area contributed by atoms with Gasteiger partial charge in [-0.1, -0.05) is 67.6 Å². The second-order valence-corrected chi connectivity index (χ2v) is 10.5. The summed E-state index contributed by atoms with van der Waals surface area (Å²) in [5, 5.41) is 8.86. The number of nitrogens with two attached hydrogens (primary N) is 1. The van der Waals surface area contributed by atoms with Crippen LogP contribution in [0.15, 0.2) is 60.7 Å². The van der Waals surface area contributed by atoms with Crippen LogP contribution in [-0.2, 0) is 19.2 Å². The molecule has 2 aromatic rings. The van der Waals surface area contributed by atoms with E-state index in [1.807, 2.05) is 60.7 Å². The van der Waals surface area contributed by atoms with Crippen molar-refractivity contribution in [2.24, 2.45) is 11.7 Å². The zero-order valence-corrected chi connectivity index (χ0v) is 23.8. The molecule has 0 aliphatic carbocycles. The highest BCUT2D eigenvalue weighted by molar-refractivity contribution is 5.94. The molecular formula is C30H39ClN5O4-. The molecule has 2 saturated heterocycles. The number of fused-ring (bicyclic) bond motifs is 1. The number of carbonyl (C=O) groups excluding carboxylic acids is 4. The molecule has 2 aliphatic heterocycles.